The van der Waals surface area contributed by atoms with Gasteiger partial charge in [0.05, 0.1) is 12.1 Å². The van der Waals surface area contributed by atoms with Crippen LogP contribution >= 0.6 is 22.6 Å². The highest BCUT2D eigenvalue weighted by molar-refractivity contribution is 14.1. The maximum Gasteiger partial charge on any atom is 0.252 e. The van der Waals surface area contributed by atoms with Crippen LogP contribution in [-0.4, -0.2) is 16.0 Å². The summed E-state index contributed by atoms with van der Waals surface area (Å²) in [5.74, 6) is 0.933. The molecular weight excluding hydrogens is 345 g/mol. The van der Waals surface area contributed by atoms with Crippen molar-refractivity contribution in [3.63, 3.8) is 0 Å². The van der Waals surface area contributed by atoms with E-state index < -0.39 is 0 Å². The quantitative estimate of drug-likeness (QED) is 0.852. The maximum absolute atomic E-state index is 11.9. The summed E-state index contributed by atoms with van der Waals surface area (Å²) in [6, 6.07) is 7.40. The largest absolute Gasteiger partial charge is 0.345 e. The number of amides is 1. The van der Waals surface area contributed by atoms with Gasteiger partial charge in [0.1, 0.15) is 0 Å². The van der Waals surface area contributed by atoms with Gasteiger partial charge in [-0.15, -0.1) is 0 Å². The van der Waals surface area contributed by atoms with Gasteiger partial charge in [-0.05, 0) is 34.7 Å². The molecule has 0 aliphatic heterocycles. The number of nitrogens with one attached hydrogen (secondary N) is 1. The third-order valence-corrected chi connectivity index (χ3v) is 3.28. The van der Waals surface area contributed by atoms with Crippen LogP contribution < -0.4 is 5.32 Å². The van der Waals surface area contributed by atoms with Gasteiger partial charge in [-0.25, -0.2) is 0 Å². The number of hydrogen-bond donors (Lipinski definition) is 1. The second-order valence-electron chi connectivity index (χ2n) is 3.62. The van der Waals surface area contributed by atoms with Gasteiger partial charge in [0.15, 0.2) is 5.82 Å². The van der Waals surface area contributed by atoms with Crippen LogP contribution in [0.1, 0.15) is 29.0 Å². The minimum atomic E-state index is -0.136. The number of benzene rings is 1. The summed E-state index contributed by atoms with van der Waals surface area (Å²) >= 11 is 2.13. The fraction of sp³-hybridized carbons (Fsp3) is 0.250. The SMILES string of the molecule is CCc1nc(CNC(=O)c2ccccc2I)no1. The van der Waals surface area contributed by atoms with Crippen molar-refractivity contribution in [2.45, 2.75) is 19.9 Å². The zero-order valence-corrected chi connectivity index (χ0v) is 12.0. The molecule has 18 heavy (non-hydrogen) atoms. The molecule has 1 aromatic heterocycles. The normalized spacial score (nSPS) is 10.3. The standard InChI is InChI=1S/C12H12IN3O2/c1-2-11-15-10(16-18-11)7-14-12(17)8-5-3-4-6-9(8)13/h3-6H,2,7H2,1H3,(H,14,17). The van der Waals surface area contributed by atoms with Crippen molar-refractivity contribution >= 4 is 28.5 Å². The number of aryl methyl sites for hydroxylation is 1. The molecule has 0 atom stereocenters. The van der Waals surface area contributed by atoms with E-state index in [0.29, 0.717) is 23.7 Å². The third-order valence-electron chi connectivity index (χ3n) is 2.34. The monoisotopic (exact) mass is 357 g/mol. The van der Waals surface area contributed by atoms with Gasteiger partial charge in [-0.3, -0.25) is 4.79 Å². The van der Waals surface area contributed by atoms with E-state index in [4.69, 9.17) is 4.52 Å². The maximum atomic E-state index is 11.9. The predicted molar refractivity (Wildman–Crippen MR) is 74.0 cm³/mol. The molecule has 5 nitrogen and oxygen atoms in total. The molecular formula is C12H12IN3O2. The van der Waals surface area contributed by atoms with Gasteiger partial charge in [0, 0.05) is 9.99 Å². The van der Waals surface area contributed by atoms with Crippen LogP contribution in [0.2, 0.25) is 0 Å². The first-order valence-corrected chi connectivity index (χ1v) is 6.62. The summed E-state index contributed by atoms with van der Waals surface area (Å²) in [6.07, 6.45) is 0.692. The highest BCUT2D eigenvalue weighted by Gasteiger charge is 2.10. The second-order valence-corrected chi connectivity index (χ2v) is 4.78. The Morgan fingerprint density at radius 2 is 2.22 bits per heavy atom. The fourth-order valence-corrected chi connectivity index (χ4v) is 2.04. The summed E-state index contributed by atoms with van der Waals surface area (Å²) in [6.45, 7) is 2.20. The molecule has 0 radical (unpaired) electrons. The van der Waals surface area contributed by atoms with Crippen LogP contribution in [0.4, 0.5) is 0 Å². The molecule has 1 N–H and O–H groups in total. The minimum Gasteiger partial charge on any atom is -0.345 e. The number of nitrogens with zero attached hydrogens (tertiary/aromatic N) is 2. The van der Waals surface area contributed by atoms with Crippen molar-refractivity contribution < 1.29 is 9.32 Å². The average molecular weight is 357 g/mol. The van der Waals surface area contributed by atoms with E-state index in [1.807, 2.05) is 25.1 Å². The molecule has 1 aromatic carbocycles. The number of carbonyl (C=O) groups excluding carboxylic acids is 1. The Labute approximate surface area is 118 Å². The molecule has 0 spiro atoms. The van der Waals surface area contributed by atoms with Gasteiger partial charge in [0.25, 0.3) is 5.91 Å². The first kappa shape index (κ1) is 13.0. The zero-order chi connectivity index (χ0) is 13.0. The molecule has 2 aromatic rings. The molecule has 0 saturated heterocycles. The van der Waals surface area contributed by atoms with Crippen LogP contribution in [-0.2, 0) is 13.0 Å². The highest BCUT2D eigenvalue weighted by Crippen LogP contribution is 2.11. The molecule has 0 bridgehead atoms. The summed E-state index contributed by atoms with van der Waals surface area (Å²) in [5, 5.41) is 6.54. The Balaban J connectivity index is 1.98. The number of aromatic nitrogens is 2. The summed E-state index contributed by atoms with van der Waals surface area (Å²) in [7, 11) is 0. The van der Waals surface area contributed by atoms with E-state index in [0.717, 1.165) is 3.57 Å². The van der Waals surface area contributed by atoms with E-state index in [1.165, 1.54) is 0 Å². The van der Waals surface area contributed by atoms with Crippen molar-refractivity contribution in [3.05, 3.63) is 45.1 Å². The Morgan fingerprint density at radius 1 is 1.44 bits per heavy atom. The van der Waals surface area contributed by atoms with Crippen molar-refractivity contribution in [2.24, 2.45) is 0 Å². The summed E-state index contributed by atoms with van der Waals surface area (Å²) in [5.41, 5.74) is 0.650. The lowest BCUT2D eigenvalue weighted by molar-refractivity contribution is 0.0948. The molecule has 0 aliphatic carbocycles. The molecule has 0 aliphatic rings. The second kappa shape index (κ2) is 5.94. The van der Waals surface area contributed by atoms with Gasteiger partial charge in [0.2, 0.25) is 5.89 Å². The van der Waals surface area contributed by atoms with E-state index in [1.54, 1.807) is 6.07 Å². The summed E-state index contributed by atoms with van der Waals surface area (Å²) in [4.78, 5) is 16.0. The molecule has 94 valence electrons. The van der Waals surface area contributed by atoms with Crippen molar-refractivity contribution in [1.29, 1.82) is 0 Å². The molecule has 6 heteroatoms. The predicted octanol–water partition coefficient (Wildman–Crippen LogP) is 2.17. The number of hydrogen-bond acceptors (Lipinski definition) is 4. The Morgan fingerprint density at radius 3 is 2.89 bits per heavy atom. The first-order chi connectivity index (χ1) is 8.70. The van der Waals surface area contributed by atoms with E-state index in [9.17, 15) is 4.79 Å². The lowest BCUT2D eigenvalue weighted by atomic mass is 10.2. The Bertz CT molecular complexity index is 554. The molecule has 2 rings (SSSR count). The lowest BCUT2D eigenvalue weighted by Crippen LogP contribution is -2.24. The van der Waals surface area contributed by atoms with Crippen LogP contribution in [0.5, 0.6) is 0 Å². The van der Waals surface area contributed by atoms with Crippen LogP contribution in [0, 0.1) is 3.57 Å². The minimum absolute atomic E-state index is 0.136. The van der Waals surface area contributed by atoms with Crippen LogP contribution in [0.3, 0.4) is 0 Å². The number of carbonyl (C=O) groups is 1. The fourth-order valence-electron chi connectivity index (χ4n) is 1.41. The summed E-state index contributed by atoms with van der Waals surface area (Å²) < 4.78 is 5.87. The number of rotatable bonds is 4. The molecule has 0 saturated carbocycles. The van der Waals surface area contributed by atoms with Crippen LogP contribution in [0.25, 0.3) is 0 Å². The Hall–Kier alpha value is -1.44. The van der Waals surface area contributed by atoms with E-state index in [2.05, 4.69) is 38.0 Å². The highest BCUT2D eigenvalue weighted by atomic mass is 127. The number of halogens is 1. The zero-order valence-electron chi connectivity index (χ0n) is 9.81. The van der Waals surface area contributed by atoms with Gasteiger partial charge >= 0.3 is 0 Å². The van der Waals surface area contributed by atoms with Crippen LogP contribution in [0.15, 0.2) is 28.8 Å². The Kier molecular flexibility index (Phi) is 4.29. The van der Waals surface area contributed by atoms with E-state index >= 15 is 0 Å². The lowest BCUT2D eigenvalue weighted by Gasteiger charge is -2.04. The van der Waals surface area contributed by atoms with Gasteiger partial charge in [-0.2, -0.15) is 4.98 Å². The van der Waals surface area contributed by atoms with Crippen molar-refractivity contribution in [2.75, 3.05) is 0 Å². The van der Waals surface area contributed by atoms with Gasteiger partial charge in [-0.1, -0.05) is 24.2 Å². The molecule has 0 unspecified atom stereocenters. The van der Waals surface area contributed by atoms with Crippen molar-refractivity contribution in [1.82, 2.24) is 15.5 Å². The molecule has 1 amide bonds. The smallest absolute Gasteiger partial charge is 0.252 e. The van der Waals surface area contributed by atoms with Gasteiger partial charge < -0.3 is 9.84 Å². The topological polar surface area (TPSA) is 68.0 Å². The molecule has 0 fully saturated rings. The first-order valence-electron chi connectivity index (χ1n) is 5.55. The average Bonchev–Trinajstić information content (AvgIpc) is 2.84. The molecule has 1 heterocycles. The van der Waals surface area contributed by atoms with Crippen molar-refractivity contribution in [3.8, 4) is 0 Å². The van der Waals surface area contributed by atoms with E-state index in [-0.39, 0.29) is 12.5 Å². The third kappa shape index (κ3) is 3.06.